The maximum atomic E-state index is 10.4. The smallest absolute Gasteiger partial charge is 0.160 e. The predicted molar refractivity (Wildman–Crippen MR) is 34.8 cm³/mol. The lowest BCUT2D eigenvalue weighted by atomic mass is 10.3. The second-order valence-electron chi connectivity index (χ2n) is 1.36. The van der Waals surface area contributed by atoms with Gasteiger partial charge in [-0.25, -0.2) is 0 Å². The van der Waals surface area contributed by atoms with Crippen molar-refractivity contribution in [1.82, 2.24) is 0 Å². The Hall–Kier alpha value is -0.560. The van der Waals surface area contributed by atoms with Crippen LogP contribution in [-0.4, -0.2) is 5.78 Å². The molecule has 0 amide bonds. The number of carbonyl (C=O) groups is 1. The van der Waals surface area contributed by atoms with Gasteiger partial charge in [0.1, 0.15) is 0 Å². The summed E-state index contributed by atoms with van der Waals surface area (Å²) in [6, 6.07) is 0. The van der Waals surface area contributed by atoms with E-state index in [4.69, 9.17) is 11.6 Å². The SMILES string of the molecule is C=CC(=O)CC(=C)Cl. The molecule has 0 bridgehead atoms. The van der Waals surface area contributed by atoms with Crippen LogP contribution in [0.3, 0.4) is 0 Å². The highest BCUT2D eigenvalue weighted by molar-refractivity contribution is 6.30. The zero-order valence-corrected chi connectivity index (χ0v) is 5.24. The Morgan fingerprint density at radius 1 is 1.75 bits per heavy atom. The third-order valence-corrected chi connectivity index (χ3v) is 0.727. The van der Waals surface area contributed by atoms with Crippen molar-refractivity contribution in [2.75, 3.05) is 0 Å². The molecule has 0 atom stereocenters. The summed E-state index contributed by atoms with van der Waals surface area (Å²) in [5.41, 5.74) is 0. The predicted octanol–water partition coefficient (Wildman–Crippen LogP) is 1.88. The number of allylic oxidation sites excluding steroid dienone is 2. The highest BCUT2D eigenvalue weighted by Gasteiger charge is 1.94. The van der Waals surface area contributed by atoms with Gasteiger partial charge in [-0.1, -0.05) is 24.8 Å². The van der Waals surface area contributed by atoms with Gasteiger partial charge in [-0.3, -0.25) is 4.79 Å². The van der Waals surface area contributed by atoms with Crippen molar-refractivity contribution in [3.05, 3.63) is 24.3 Å². The molecule has 44 valence electrons. The van der Waals surface area contributed by atoms with E-state index in [-0.39, 0.29) is 12.2 Å². The fraction of sp³-hybridized carbons (Fsp3) is 0.167. The number of carbonyl (C=O) groups excluding carboxylic acids is 1. The van der Waals surface area contributed by atoms with Crippen LogP contribution in [0.1, 0.15) is 6.42 Å². The van der Waals surface area contributed by atoms with E-state index in [0.717, 1.165) is 0 Å². The van der Waals surface area contributed by atoms with Gasteiger partial charge in [0.15, 0.2) is 5.78 Å². The van der Waals surface area contributed by atoms with E-state index < -0.39 is 0 Å². The van der Waals surface area contributed by atoms with E-state index in [1.807, 2.05) is 0 Å². The first-order valence-corrected chi connectivity index (χ1v) is 2.53. The van der Waals surface area contributed by atoms with Crippen LogP contribution in [0.5, 0.6) is 0 Å². The van der Waals surface area contributed by atoms with Gasteiger partial charge in [-0.2, -0.15) is 0 Å². The Bertz CT molecular complexity index is 126. The maximum Gasteiger partial charge on any atom is 0.160 e. The van der Waals surface area contributed by atoms with Crippen molar-refractivity contribution < 1.29 is 4.79 Å². The molecule has 0 aromatic rings. The molecule has 0 saturated carbocycles. The van der Waals surface area contributed by atoms with Crippen molar-refractivity contribution in [3.63, 3.8) is 0 Å². The second-order valence-corrected chi connectivity index (χ2v) is 1.90. The molecule has 0 rings (SSSR count). The lowest BCUT2D eigenvalue weighted by Gasteiger charge is -1.86. The molecule has 0 aliphatic heterocycles. The number of halogens is 1. The molecule has 0 aliphatic carbocycles. The Balaban J connectivity index is 3.55. The number of hydrogen-bond acceptors (Lipinski definition) is 1. The number of hydrogen-bond donors (Lipinski definition) is 0. The van der Waals surface area contributed by atoms with Crippen molar-refractivity contribution in [3.8, 4) is 0 Å². The lowest BCUT2D eigenvalue weighted by Crippen LogP contribution is -1.88. The van der Waals surface area contributed by atoms with Crippen LogP contribution in [0.15, 0.2) is 24.3 Å². The van der Waals surface area contributed by atoms with Gasteiger partial charge >= 0.3 is 0 Å². The summed E-state index contributed by atoms with van der Waals surface area (Å²) >= 11 is 5.29. The summed E-state index contributed by atoms with van der Waals surface area (Å²) in [6.45, 7) is 6.60. The van der Waals surface area contributed by atoms with Gasteiger partial charge in [0.2, 0.25) is 0 Å². The van der Waals surface area contributed by atoms with Gasteiger partial charge in [0.25, 0.3) is 0 Å². The van der Waals surface area contributed by atoms with E-state index in [1.54, 1.807) is 0 Å². The summed E-state index contributed by atoms with van der Waals surface area (Å²) in [5, 5.41) is 0.356. The van der Waals surface area contributed by atoms with Gasteiger partial charge in [0, 0.05) is 11.5 Å². The highest BCUT2D eigenvalue weighted by atomic mass is 35.5. The molecular formula is C6H7ClO. The van der Waals surface area contributed by atoms with E-state index in [1.165, 1.54) is 6.08 Å². The molecular weight excluding hydrogens is 124 g/mol. The normalized spacial score (nSPS) is 8.12. The van der Waals surface area contributed by atoms with Gasteiger partial charge < -0.3 is 0 Å². The molecule has 0 unspecified atom stereocenters. The first-order chi connectivity index (χ1) is 3.66. The quantitative estimate of drug-likeness (QED) is 0.534. The first kappa shape index (κ1) is 7.44. The van der Waals surface area contributed by atoms with Crippen molar-refractivity contribution in [1.29, 1.82) is 0 Å². The van der Waals surface area contributed by atoms with Crippen LogP contribution >= 0.6 is 11.6 Å². The van der Waals surface area contributed by atoms with Crippen LogP contribution in [0.4, 0.5) is 0 Å². The number of ketones is 1. The average Bonchev–Trinajstić information content (AvgIpc) is 1.65. The van der Waals surface area contributed by atoms with E-state index in [0.29, 0.717) is 5.03 Å². The van der Waals surface area contributed by atoms with Crippen molar-refractivity contribution >= 4 is 17.4 Å². The lowest BCUT2D eigenvalue weighted by molar-refractivity contribution is -0.113. The van der Waals surface area contributed by atoms with E-state index in [2.05, 4.69) is 13.2 Å². The molecule has 0 aromatic carbocycles. The minimum Gasteiger partial charge on any atom is -0.294 e. The van der Waals surface area contributed by atoms with Crippen molar-refractivity contribution in [2.45, 2.75) is 6.42 Å². The molecule has 0 aliphatic rings. The summed E-state index contributed by atoms with van der Waals surface area (Å²) in [7, 11) is 0. The molecule has 0 saturated heterocycles. The summed E-state index contributed by atoms with van der Waals surface area (Å²) in [6.07, 6.45) is 1.43. The Labute approximate surface area is 53.6 Å². The zero-order chi connectivity index (χ0) is 6.57. The van der Waals surface area contributed by atoms with Gasteiger partial charge in [-0.05, 0) is 6.08 Å². The summed E-state index contributed by atoms with van der Waals surface area (Å²) < 4.78 is 0. The molecule has 2 heteroatoms. The first-order valence-electron chi connectivity index (χ1n) is 2.15. The molecule has 1 nitrogen and oxygen atoms in total. The van der Waals surface area contributed by atoms with Crippen LogP contribution in [0.2, 0.25) is 0 Å². The fourth-order valence-electron chi connectivity index (χ4n) is 0.261. The highest BCUT2D eigenvalue weighted by Crippen LogP contribution is 2.02. The maximum absolute atomic E-state index is 10.4. The molecule has 0 aromatic heterocycles. The second kappa shape index (κ2) is 3.44. The van der Waals surface area contributed by atoms with Crippen LogP contribution in [0, 0.1) is 0 Å². The van der Waals surface area contributed by atoms with Gasteiger partial charge in [-0.15, -0.1) is 0 Å². The third kappa shape index (κ3) is 3.62. The molecule has 0 heterocycles. The molecule has 8 heavy (non-hydrogen) atoms. The molecule has 0 N–H and O–H groups in total. The Morgan fingerprint density at radius 2 is 2.25 bits per heavy atom. The van der Waals surface area contributed by atoms with Crippen LogP contribution < -0.4 is 0 Å². The third-order valence-electron chi connectivity index (χ3n) is 0.594. The topological polar surface area (TPSA) is 17.1 Å². The zero-order valence-electron chi connectivity index (χ0n) is 4.48. The minimum atomic E-state index is -0.0926. The summed E-state index contributed by atoms with van der Waals surface area (Å²) in [5.74, 6) is -0.0926. The minimum absolute atomic E-state index is 0.0926. The molecule has 0 fully saturated rings. The molecule has 0 spiro atoms. The van der Waals surface area contributed by atoms with Gasteiger partial charge in [0.05, 0.1) is 0 Å². The van der Waals surface area contributed by atoms with E-state index >= 15 is 0 Å². The van der Waals surface area contributed by atoms with E-state index in [9.17, 15) is 4.79 Å². The number of rotatable bonds is 3. The fourth-order valence-corrected chi connectivity index (χ4v) is 0.393. The Kier molecular flexibility index (Phi) is 3.20. The average molecular weight is 131 g/mol. The van der Waals surface area contributed by atoms with Crippen molar-refractivity contribution in [2.24, 2.45) is 0 Å². The van der Waals surface area contributed by atoms with Crippen LogP contribution in [0.25, 0.3) is 0 Å². The summed E-state index contributed by atoms with van der Waals surface area (Å²) in [4.78, 5) is 10.4. The standard InChI is InChI=1S/C6H7ClO/c1-3-6(8)4-5(2)7/h3H,1-2,4H2. The van der Waals surface area contributed by atoms with Crippen LogP contribution in [-0.2, 0) is 4.79 Å². The largest absolute Gasteiger partial charge is 0.294 e. The monoisotopic (exact) mass is 130 g/mol. The molecule has 0 radical (unpaired) electrons. The Morgan fingerprint density at radius 3 is 2.38 bits per heavy atom.